The molecule has 6 nitrogen and oxygen atoms in total. The third-order valence-electron chi connectivity index (χ3n) is 4.19. The van der Waals surface area contributed by atoms with Gasteiger partial charge in [0.05, 0.1) is 24.0 Å². The molecule has 0 radical (unpaired) electrons. The van der Waals surface area contributed by atoms with Gasteiger partial charge >= 0.3 is 0 Å². The van der Waals surface area contributed by atoms with Crippen molar-refractivity contribution in [1.82, 2.24) is 13.9 Å². The van der Waals surface area contributed by atoms with Gasteiger partial charge in [-0.05, 0) is 35.9 Å². The number of hydrogen-bond donors (Lipinski definition) is 0. The van der Waals surface area contributed by atoms with Gasteiger partial charge < -0.3 is 9.30 Å². The van der Waals surface area contributed by atoms with Crippen molar-refractivity contribution in [2.45, 2.75) is 11.4 Å². The Morgan fingerprint density at radius 3 is 2.48 bits per heavy atom. The molecule has 0 amide bonds. The lowest BCUT2D eigenvalue weighted by molar-refractivity contribution is 0.414. The number of imidazole rings is 1. The van der Waals surface area contributed by atoms with E-state index >= 15 is 0 Å². The molecule has 0 unspecified atom stereocenters. The fourth-order valence-electron chi connectivity index (χ4n) is 2.67. The third-order valence-corrected chi connectivity index (χ3v) is 5.99. The zero-order chi connectivity index (χ0) is 19.6. The average molecular weight is 389 g/mol. The molecular weight excluding hydrogens is 369 g/mol. The lowest BCUT2D eigenvalue weighted by Gasteiger charge is -2.18. The highest BCUT2D eigenvalue weighted by Gasteiger charge is 2.23. The normalized spacial score (nSPS) is 11.7. The van der Waals surface area contributed by atoms with Crippen LogP contribution in [-0.4, -0.2) is 36.4 Å². The first-order valence-electron chi connectivity index (χ1n) is 8.18. The minimum absolute atomic E-state index is 0.0144. The van der Waals surface area contributed by atoms with Crippen molar-refractivity contribution in [2.24, 2.45) is 7.05 Å². The number of aromatic nitrogens is 2. The van der Waals surface area contributed by atoms with Crippen LogP contribution in [0.25, 0.3) is 11.3 Å². The number of rotatable bonds is 6. The molecule has 0 aliphatic rings. The Hall–Kier alpha value is -2.71. The Labute approximate surface area is 157 Å². The number of aryl methyl sites for hydroxylation is 1. The lowest BCUT2D eigenvalue weighted by Crippen LogP contribution is -2.26. The second-order valence-corrected chi connectivity index (χ2v) is 8.22. The van der Waals surface area contributed by atoms with Gasteiger partial charge in [0.15, 0.2) is 0 Å². The summed E-state index contributed by atoms with van der Waals surface area (Å²) in [5.41, 5.74) is 1.34. The molecule has 2 aromatic carbocycles. The van der Waals surface area contributed by atoms with Crippen LogP contribution >= 0.6 is 0 Å². The van der Waals surface area contributed by atoms with Crippen LogP contribution in [-0.2, 0) is 23.6 Å². The largest absolute Gasteiger partial charge is 0.497 e. The summed E-state index contributed by atoms with van der Waals surface area (Å²) in [7, 11) is 1.03. The van der Waals surface area contributed by atoms with Crippen LogP contribution in [0, 0.1) is 5.82 Å². The molecular formula is C19H20FN3O3S. The van der Waals surface area contributed by atoms with Gasteiger partial charge in [-0.2, -0.15) is 4.31 Å². The predicted molar refractivity (Wildman–Crippen MR) is 100 cm³/mol. The second-order valence-electron chi connectivity index (χ2n) is 6.18. The smallest absolute Gasteiger partial charge is 0.243 e. The highest BCUT2D eigenvalue weighted by Crippen LogP contribution is 2.26. The van der Waals surface area contributed by atoms with Crippen LogP contribution in [0.15, 0.2) is 59.9 Å². The van der Waals surface area contributed by atoms with Gasteiger partial charge in [0, 0.05) is 32.4 Å². The number of ether oxygens (including phenoxy) is 1. The van der Waals surface area contributed by atoms with Crippen molar-refractivity contribution in [3.63, 3.8) is 0 Å². The Kier molecular flexibility index (Phi) is 5.29. The van der Waals surface area contributed by atoms with Gasteiger partial charge in [0.2, 0.25) is 10.0 Å². The van der Waals surface area contributed by atoms with Crippen molar-refractivity contribution in [3.05, 3.63) is 66.4 Å². The van der Waals surface area contributed by atoms with Crippen molar-refractivity contribution < 1.29 is 17.5 Å². The summed E-state index contributed by atoms with van der Waals surface area (Å²) in [4.78, 5) is 4.12. The summed E-state index contributed by atoms with van der Waals surface area (Å²) < 4.78 is 48.0. The van der Waals surface area contributed by atoms with E-state index in [-0.39, 0.29) is 17.0 Å². The van der Waals surface area contributed by atoms with Gasteiger partial charge in [0.1, 0.15) is 11.6 Å². The summed E-state index contributed by atoms with van der Waals surface area (Å²) in [5.74, 6) is 0.174. The first-order valence-corrected chi connectivity index (χ1v) is 9.62. The van der Waals surface area contributed by atoms with Crippen LogP contribution in [0.1, 0.15) is 5.56 Å². The Balaban J connectivity index is 1.89. The summed E-state index contributed by atoms with van der Waals surface area (Å²) >= 11 is 0. The summed E-state index contributed by atoms with van der Waals surface area (Å²) in [6, 6.07) is 10.9. The Morgan fingerprint density at radius 2 is 1.89 bits per heavy atom. The van der Waals surface area contributed by atoms with Gasteiger partial charge in [-0.3, -0.25) is 0 Å². The quantitative estimate of drug-likeness (QED) is 0.650. The first-order chi connectivity index (χ1) is 12.8. The topological polar surface area (TPSA) is 64.4 Å². The molecule has 142 valence electrons. The molecule has 0 spiro atoms. The minimum atomic E-state index is -3.79. The molecule has 0 saturated carbocycles. The van der Waals surface area contributed by atoms with Gasteiger partial charge in [-0.15, -0.1) is 0 Å². The van der Waals surface area contributed by atoms with Crippen LogP contribution in [0.5, 0.6) is 5.75 Å². The standard InChI is InChI=1S/C19H20FN3O3S/c1-22-12-19(21-13-22)17-10-16(8-9-18(17)20)27(24,25)23(2)11-14-4-6-15(26-3)7-5-14/h4-10,12-13H,11H2,1-3H3. The van der Waals surface area contributed by atoms with Gasteiger partial charge in [-0.1, -0.05) is 12.1 Å². The molecule has 0 bridgehead atoms. The molecule has 1 heterocycles. The molecule has 1 aromatic heterocycles. The molecule has 3 aromatic rings. The van der Waals surface area contributed by atoms with Crippen molar-refractivity contribution in [1.29, 1.82) is 0 Å². The maximum atomic E-state index is 14.2. The molecule has 0 fully saturated rings. The molecule has 3 rings (SSSR count). The number of sulfonamides is 1. The lowest BCUT2D eigenvalue weighted by atomic mass is 10.1. The highest BCUT2D eigenvalue weighted by atomic mass is 32.2. The van der Waals surface area contributed by atoms with Crippen molar-refractivity contribution >= 4 is 10.0 Å². The molecule has 0 atom stereocenters. The van der Waals surface area contributed by atoms with E-state index in [9.17, 15) is 12.8 Å². The van der Waals surface area contributed by atoms with Gasteiger partial charge in [-0.25, -0.2) is 17.8 Å². The second kappa shape index (κ2) is 7.50. The number of methoxy groups -OCH3 is 1. The fraction of sp³-hybridized carbons (Fsp3) is 0.211. The van der Waals surface area contributed by atoms with E-state index < -0.39 is 15.8 Å². The molecule has 0 aliphatic carbocycles. The Bertz CT molecular complexity index is 1050. The third kappa shape index (κ3) is 4.01. The van der Waals surface area contributed by atoms with E-state index in [1.165, 1.54) is 29.8 Å². The van der Waals surface area contributed by atoms with Crippen LogP contribution < -0.4 is 4.74 Å². The molecule has 0 saturated heterocycles. The van der Waals surface area contributed by atoms with E-state index in [4.69, 9.17) is 4.74 Å². The molecule has 0 aliphatic heterocycles. The maximum Gasteiger partial charge on any atom is 0.243 e. The fourth-order valence-corrected chi connectivity index (χ4v) is 3.85. The molecule has 8 heteroatoms. The summed E-state index contributed by atoms with van der Waals surface area (Å²) in [6.45, 7) is 0.183. The van der Waals surface area contributed by atoms with E-state index in [2.05, 4.69) is 4.98 Å². The molecule has 0 N–H and O–H groups in total. The Morgan fingerprint density at radius 1 is 1.19 bits per heavy atom. The number of nitrogens with zero attached hydrogens (tertiary/aromatic N) is 3. The van der Waals surface area contributed by atoms with E-state index in [0.717, 1.165) is 11.6 Å². The van der Waals surface area contributed by atoms with E-state index in [0.29, 0.717) is 11.4 Å². The highest BCUT2D eigenvalue weighted by molar-refractivity contribution is 7.89. The SMILES string of the molecule is COc1ccc(CN(C)S(=O)(=O)c2ccc(F)c(-c3cn(C)cn3)c2)cc1. The van der Waals surface area contributed by atoms with Crippen molar-refractivity contribution in [3.8, 4) is 17.0 Å². The summed E-state index contributed by atoms with van der Waals surface area (Å²) in [5, 5.41) is 0. The predicted octanol–water partition coefficient (Wildman–Crippen LogP) is 3.06. The van der Waals surface area contributed by atoms with Crippen molar-refractivity contribution in [2.75, 3.05) is 14.2 Å². The molecule has 27 heavy (non-hydrogen) atoms. The number of benzene rings is 2. The summed E-state index contributed by atoms with van der Waals surface area (Å²) in [6.07, 6.45) is 3.17. The zero-order valence-corrected chi connectivity index (χ0v) is 16.1. The maximum absolute atomic E-state index is 14.2. The van der Waals surface area contributed by atoms with E-state index in [1.54, 1.807) is 49.2 Å². The number of halogens is 1. The van der Waals surface area contributed by atoms with Crippen LogP contribution in [0.4, 0.5) is 4.39 Å². The monoisotopic (exact) mass is 389 g/mol. The minimum Gasteiger partial charge on any atom is -0.497 e. The number of hydrogen-bond acceptors (Lipinski definition) is 4. The van der Waals surface area contributed by atoms with Crippen LogP contribution in [0.3, 0.4) is 0 Å². The first kappa shape index (κ1) is 19.1. The van der Waals surface area contributed by atoms with Gasteiger partial charge in [0.25, 0.3) is 0 Å². The average Bonchev–Trinajstić information content (AvgIpc) is 3.08. The van der Waals surface area contributed by atoms with E-state index in [1.807, 2.05) is 0 Å². The van der Waals surface area contributed by atoms with Crippen LogP contribution in [0.2, 0.25) is 0 Å². The zero-order valence-electron chi connectivity index (χ0n) is 15.3.